The van der Waals surface area contributed by atoms with Gasteiger partial charge in [0.05, 0.1) is 11.6 Å². The molecule has 0 unspecified atom stereocenters. The first-order valence-corrected chi connectivity index (χ1v) is 13.6. The summed E-state index contributed by atoms with van der Waals surface area (Å²) in [6.07, 6.45) is 2.39. The number of rotatable bonds is 11. The Hall–Kier alpha value is -2.85. The number of benzene rings is 2. The van der Waals surface area contributed by atoms with E-state index in [0.717, 1.165) is 34.8 Å². The molecule has 1 aliphatic heterocycles. The number of anilines is 1. The minimum Gasteiger partial charge on any atom is -0.390 e. The van der Waals surface area contributed by atoms with E-state index in [9.17, 15) is 14.7 Å². The first-order chi connectivity index (χ1) is 17.7. The molecule has 38 heavy (non-hydrogen) atoms. The number of aryl methyl sites for hydroxylation is 2. The van der Waals surface area contributed by atoms with E-state index in [1.165, 1.54) is 11.3 Å². The third-order valence-electron chi connectivity index (χ3n) is 6.15. The maximum Gasteiger partial charge on any atom is 0.282 e. The highest BCUT2D eigenvalue weighted by Crippen LogP contribution is 2.23. The highest BCUT2D eigenvalue weighted by Gasteiger charge is 2.32. The second-order valence-corrected chi connectivity index (χ2v) is 11.4. The van der Waals surface area contributed by atoms with E-state index in [0.29, 0.717) is 36.0 Å². The van der Waals surface area contributed by atoms with Gasteiger partial charge in [-0.1, -0.05) is 54.6 Å². The minimum atomic E-state index is -0.685. The monoisotopic (exact) mass is 557 g/mol. The Morgan fingerprint density at radius 2 is 1.79 bits per heavy atom. The molecule has 8 nitrogen and oxygen atoms in total. The molecular formula is C28H36ClN5O3S. The lowest BCUT2D eigenvalue weighted by Crippen LogP contribution is -2.37. The van der Waals surface area contributed by atoms with E-state index in [2.05, 4.69) is 20.8 Å². The predicted octanol–water partition coefficient (Wildman–Crippen LogP) is 4.40. The zero-order valence-electron chi connectivity index (χ0n) is 21.0. The number of hydrogen-bond donors (Lipinski definition) is 3. The van der Waals surface area contributed by atoms with Crippen molar-refractivity contribution in [2.24, 2.45) is 0 Å². The number of carbonyl (C=O) groups excluding carboxylic acids is 2. The summed E-state index contributed by atoms with van der Waals surface area (Å²) in [7, 11) is 0. The van der Waals surface area contributed by atoms with Gasteiger partial charge in [0.15, 0.2) is 0 Å². The molecule has 0 aliphatic carbocycles. The van der Waals surface area contributed by atoms with Crippen LogP contribution < -0.4 is 15.5 Å². The van der Waals surface area contributed by atoms with Gasteiger partial charge in [0, 0.05) is 36.6 Å². The van der Waals surface area contributed by atoms with Crippen molar-refractivity contribution in [2.45, 2.75) is 65.1 Å². The summed E-state index contributed by atoms with van der Waals surface area (Å²) in [4.78, 5) is 27.1. The summed E-state index contributed by atoms with van der Waals surface area (Å²) < 4.78 is 0. The summed E-state index contributed by atoms with van der Waals surface area (Å²) in [5, 5.41) is 26.1. The topological polar surface area (TPSA) is 107 Å². The molecule has 0 spiro atoms. The van der Waals surface area contributed by atoms with Crippen LogP contribution in [-0.4, -0.2) is 51.9 Å². The maximum atomic E-state index is 12.7. The standard InChI is InChI=1S/C27H32ClN5O3S.CH4/c1-27(2,36)13-14-29-16-19-5-10-22(11-6-19)33-17-21(15-24(33)34)30-25(35)26-32-31-23(37-26)12-7-18-3-8-20(28)9-4-18;/h3-6,8-11,21,29,36H,7,12-17H2,1-2H3,(H,30,35);1H4/t21-;/m1./s1. The molecule has 0 saturated carbocycles. The molecule has 1 atom stereocenters. The number of hydrogen-bond acceptors (Lipinski definition) is 7. The minimum absolute atomic E-state index is 0. The molecule has 204 valence electrons. The number of nitrogens with one attached hydrogen (secondary N) is 2. The number of carbonyl (C=O) groups is 2. The molecule has 0 radical (unpaired) electrons. The van der Waals surface area contributed by atoms with Gasteiger partial charge in [0.1, 0.15) is 5.01 Å². The molecule has 3 N–H and O–H groups in total. The van der Waals surface area contributed by atoms with Crippen molar-refractivity contribution in [1.82, 2.24) is 20.8 Å². The highest BCUT2D eigenvalue weighted by atomic mass is 35.5. The van der Waals surface area contributed by atoms with Crippen LogP contribution in [0.2, 0.25) is 5.02 Å². The second-order valence-electron chi connectivity index (χ2n) is 9.91. The Morgan fingerprint density at radius 1 is 1.11 bits per heavy atom. The van der Waals surface area contributed by atoms with Crippen molar-refractivity contribution in [3.05, 3.63) is 74.7 Å². The van der Waals surface area contributed by atoms with Crippen molar-refractivity contribution in [2.75, 3.05) is 18.0 Å². The summed E-state index contributed by atoms with van der Waals surface area (Å²) in [5.41, 5.74) is 2.36. The van der Waals surface area contributed by atoms with Gasteiger partial charge in [0.2, 0.25) is 10.9 Å². The summed E-state index contributed by atoms with van der Waals surface area (Å²) in [5.74, 6) is -0.329. The first-order valence-electron chi connectivity index (χ1n) is 12.4. The fraction of sp³-hybridized carbons (Fsp3) is 0.429. The third-order valence-corrected chi connectivity index (χ3v) is 7.39. The van der Waals surface area contributed by atoms with Crippen molar-refractivity contribution in [3.8, 4) is 0 Å². The molecule has 1 aliphatic rings. The average molecular weight is 558 g/mol. The van der Waals surface area contributed by atoms with Gasteiger partial charge in [-0.3, -0.25) is 9.59 Å². The van der Waals surface area contributed by atoms with E-state index in [1.54, 1.807) is 18.7 Å². The number of amides is 2. The van der Waals surface area contributed by atoms with E-state index < -0.39 is 5.60 Å². The van der Waals surface area contributed by atoms with Crippen LogP contribution in [0.3, 0.4) is 0 Å². The van der Waals surface area contributed by atoms with Gasteiger partial charge in [-0.15, -0.1) is 10.2 Å². The normalized spacial score (nSPS) is 15.4. The van der Waals surface area contributed by atoms with Crippen molar-refractivity contribution in [3.63, 3.8) is 0 Å². The lowest BCUT2D eigenvalue weighted by molar-refractivity contribution is -0.117. The maximum absolute atomic E-state index is 12.7. The van der Waals surface area contributed by atoms with E-state index in [1.807, 2.05) is 48.5 Å². The Labute approximate surface area is 233 Å². The lowest BCUT2D eigenvalue weighted by atomic mass is 10.1. The summed E-state index contributed by atoms with van der Waals surface area (Å²) in [6.45, 7) is 5.40. The van der Waals surface area contributed by atoms with Gasteiger partial charge in [0.25, 0.3) is 5.91 Å². The number of aliphatic hydroxyl groups is 1. The van der Waals surface area contributed by atoms with Crippen LogP contribution in [0.5, 0.6) is 0 Å². The van der Waals surface area contributed by atoms with Crippen LogP contribution in [0.1, 0.15) is 60.1 Å². The quantitative estimate of drug-likeness (QED) is 0.302. The van der Waals surface area contributed by atoms with Gasteiger partial charge in [-0.25, -0.2) is 0 Å². The Bertz CT molecular complexity index is 1210. The Kier molecular flexibility index (Phi) is 10.4. The Morgan fingerprint density at radius 3 is 2.47 bits per heavy atom. The molecule has 2 aromatic carbocycles. The fourth-order valence-electron chi connectivity index (χ4n) is 4.07. The highest BCUT2D eigenvalue weighted by molar-refractivity contribution is 7.13. The van der Waals surface area contributed by atoms with Gasteiger partial charge in [-0.05, 0) is 68.6 Å². The lowest BCUT2D eigenvalue weighted by Gasteiger charge is -2.18. The molecule has 3 aromatic rings. The molecule has 4 rings (SSSR count). The molecule has 1 aromatic heterocycles. The molecule has 1 saturated heterocycles. The number of nitrogens with zero attached hydrogens (tertiary/aromatic N) is 3. The average Bonchev–Trinajstić information content (AvgIpc) is 3.48. The van der Waals surface area contributed by atoms with Gasteiger partial charge >= 0.3 is 0 Å². The Balaban J connectivity index is 0.00000400. The molecular weight excluding hydrogens is 522 g/mol. The largest absolute Gasteiger partial charge is 0.390 e. The van der Waals surface area contributed by atoms with Crippen LogP contribution in [0.4, 0.5) is 5.69 Å². The molecule has 10 heteroatoms. The van der Waals surface area contributed by atoms with E-state index >= 15 is 0 Å². The zero-order chi connectivity index (χ0) is 26.4. The van der Waals surface area contributed by atoms with Crippen molar-refractivity contribution >= 4 is 40.4 Å². The smallest absolute Gasteiger partial charge is 0.282 e. The van der Waals surface area contributed by atoms with E-state index in [4.69, 9.17) is 11.6 Å². The summed E-state index contributed by atoms with van der Waals surface area (Å²) in [6, 6.07) is 15.2. The van der Waals surface area contributed by atoms with Crippen LogP contribution in [0.15, 0.2) is 48.5 Å². The second kappa shape index (κ2) is 13.3. The van der Waals surface area contributed by atoms with Gasteiger partial charge < -0.3 is 20.6 Å². The van der Waals surface area contributed by atoms with Crippen molar-refractivity contribution in [1.29, 1.82) is 0 Å². The predicted molar refractivity (Wildman–Crippen MR) is 153 cm³/mol. The molecule has 2 heterocycles. The number of halogens is 1. The van der Waals surface area contributed by atoms with Crippen LogP contribution in [0.25, 0.3) is 0 Å². The molecule has 1 fully saturated rings. The molecule has 2 amide bonds. The van der Waals surface area contributed by atoms with Crippen LogP contribution in [-0.2, 0) is 24.2 Å². The van der Waals surface area contributed by atoms with Crippen LogP contribution in [0, 0.1) is 0 Å². The SMILES string of the molecule is C.CC(C)(O)CCNCc1ccc(N2C[C@H](NC(=O)c3nnc(CCc4ccc(Cl)cc4)s3)CC2=O)cc1. The first kappa shape index (κ1) is 29.7. The fourth-order valence-corrected chi connectivity index (χ4v) is 4.94. The third kappa shape index (κ3) is 8.59. The summed E-state index contributed by atoms with van der Waals surface area (Å²) >= 11 is 7.21. The van der Waals surface area contributed by atoms with E-state index in [-0.39, 0.29) is 31.7 Å². The van der Waals surface area contributed by atoms with Crippen LogP contribution >= 0.6 is 22.9 Å². The number of aromatic nitrogens is 2. The molecule has 0 bridgehead atoms. The van der Waals surface area contributed by atoms with Crippen molar-refractivity contribution < 1.29 is 14.7 Å². The zero-order valence-corrected chi connectivity index (χ0v) is 22.6. The van der Waals surface area contributed by atoms with Gasteiger partial charge in [-0.2, -0.15) is 0 Å².